The molecule has 0 spiro atoms. The molecule has 1 atom stereocenters. The minimum Gasteiger partial charge on any atom is -0.462 e. The molecule has 0 N–H and O–H groups in total. The Bertz CT molecular complexity index is 1680. The molecule has 0 amide bonds. The van der Waals surface area contributed by atoms with Crippen molar-refractivity contribution in [2.75, 3.05) is 13.2 Å². The van der Waals surface area contributed by atoms with Crippen molar-refractivity contribution < 1.29 is 28.6 Å². The number of esters is 3. The lowest BCUT2D eigenvalue weighted by atomic mass is 10.1. The van der Waals surface area contributed by atoms with Crippen LogP contribution >= 0.6 is 0 Å². The molecule has 6 heteroatoms. The highest BCUT2D eigenvalue weighted by Crippen LogP contribution is 2.15. The van der Waals surface area contributed by atoms with Gasteiger partial charge >= 0.3 is 17.9 Å². The lowest BCUT2D eigenvalue weighted by Gasteiger charge is -2.18. The zero-order valence-corrected chi connectivity index (χ0v) is 51.3. The molecule has 0 fully saturated rings. The number of unbranched alkanes of at least 4 members (excludes halogenated alkanes) is 25. The van der Waals surface area contributed by atoms with E-state index in [1.54, 1.807) is 0 Å². The molecular weight excluding hydrogens is 973 g/mol. The van der Waals surface area contributed by atoms with E-state index in [0.717, 1.165) is 148 Å². The Hall–Kier alpha value is -4.45. The van der Waals surface area contributed by atoms with Crippen LogP contribution in [-0.4, -0.2) is 37.2 Å². The summed E-state index contributed by atoms with van der Waals surface area (Å²) in [7, 11) is 0. The van der Waals surface area contributed by atoms with E-state index in [1.807, 2.05) is 0 Å². The van der Waals surface area contributed by atoms with Gasteiger partial charge in [-0.05, 0) is 135 Å². The van der Waals surface area contributed by atoms with E-state index >= 15 is 0 Å². The highest BCUT2D eigenvalue weighted by atomic mass is 16.6. The Balaban J connectivity index is 4.39. The summed E-state index contributed by atoms with van der Waals surface area (Å²) in [6.45, 7) is 6.38. The first-order valence-electron chi connectivity index (χ1n) is 32.7. The summed E-state index contributed by atoms with van der Waals surface area (Å²) in [5.41, 5.74) is 0. The first-order valence-corrected chi connectivity index (χ1v) is 32.7. The molecular formula is C73H120O6. The van der Waals surface area contributed by atoms with Gasteiger partial charge in [-0.25, -0.2) is 0 Å². The molecule has 0 aromatic heterocycles. The number of hydrogen-bond acceptors (Lipinski definition) is 6. The number of carbonyl (C=O) groups excluding carboxylic acids is 3. The monoisotopic (exact) mass is 1090 g/mol. The Morgan fingerprint density at radius 1 is 0.266 bits per heavy atom. The standard InChI is InChI=1S/C73H120O6/c1-4-7-10-13-16-19-22-25-28-30-32-33-34-35-36-37-38-39-41-42-45-48-51-54-57-60-63-66-72(75)78-69-70(68-77-71(74)65-62-59-56-53-50-47-44-27-24-21-18-15-12-9-6-3)79-73(76)67-64-61-58-55-52-49-46-43-40-31-29-26-23-20-17-14-11-8-5-2/h7,9-10,12,16-21,25-29,32-33,35-36,38-39,44,70H,4-6,8,11,13-15,22-24,30-31,34,37,40-43,45-69H2,1-3H3/b10-7-,12-9-,19-16-,20-17-,21-18-,28-25-,29-26-,33-32-,36-35-,39-38-,44-27-. The molecule has 6 nitrogen and oxygen atoms in total. The fraction of sp³-hybridized carbons (Fsp3) is 0.658. The van der Waals surface area contributed by atoms with Crippen LogP contribution in [0.1, 0.15) is 290 Å². The smallest absolute Gasteiger partial charge is 0.306 e. The molecule has 0 saturated carbocycles. The maximum absolute atomic E-state index is 12.9. The predicted molar refractivity (Wildman–Crippen MR) is 343 cm³/mol. The van der Waals surface area contributed by atoms with Gasteiger partial charge in [-0.15, -0.1) is 0 Å². The Labute approximate surface area is 487 Å². The van der Waals surface area contributed by atoms with Crippen molar-refractivity contribution in [3.63, 3.8) is 0 Å². The van der Waals surface area contributed by atoms with Crippen LogP contribution in [0.3, 0.4) is 0 Å². The highest BCUT2D eigenvalue weighted by molar-refractivity contribution is 5.71. The average molecular weight is 1090 g/mol. The summed E-state index contributed by atoms with van der Waals surface area (Å²) in [4.78, 5) is 38.4. The molecule has 79 heavy (non-hydrogen) atoms. The van der Waals surface area contributed by atoms with Crippen molar-refractivity contribution in [2.45, 2.75) is 297 Å². The van der Waals surface area contributed by atoms with Crippen molar-refractivity contribution in [3.8, 4) is 0 Å². The van der Waals surface area contributed by atoms with Gasteiger partial charge in [0.15, 0.2) is 6.10 Å². The van der Waals surface area contributed by atoms with Crippen LogP contribution in [0.2, 0.25) is 0 Å². The minimum absolute atomic E-state index is 0.0930. The van der Waals surface area contributed by atoms with Crippen molar-refractivity contribution >= 4 is 17.9 Å². The summed E-state index contributed by atoms with van der Waals surface area (Å²) in [6, 6.07) is 0. The van der Waals surface area contributed by atoms with Gasteiger partial charge in [0.25, 0.3) is 0 Å². The van der Waals surface area contributed by atoms with Crippen LogP contribution < -0.4 is 0 Å². The van der Waals surface area contributed by atoms with Crippen LogP contribution in [0.15, 0.2) is 134 Å². The van der Waals surface area contributed by atoms with E-state index in [2.05, 4.69) is 154 Å². The number of hydrogen-bond donors (Lipinski definition) is 0. The van der Waals surface area contributed by atoms with E-state index in [4.69, 9.17) is 14.2 Å². The number of carbonyl (C=O) groups is 3. The van der Waals surface area contributed by atoms with Gasteiger partial charge in [-0.2, -0.15) is 0 Å². The Morgan fingerprint density at radius 3 is 0.772 bits per heavy atom. The zero-order valence-electron chi connectivity index (χ0n) is 51.3. The van der Waals surface area contributed by atoms with E-state index in [-0.39, 0.29) is 31.1 Å². The average Bonchev–Trinajstić information content (AvgIpc) is 3.45. The highest BCUT2D eigenvalue weighted by Gasteiger charge is 2.19. The van der Waals surface area contributed by atoms with Gasteiger partial charge in [-0.3, -0.25) is 14.4 Å². The number of ether oxygens (including phenoxy) is 3. The fourth-order valence-electron chi connectivity index (χ4n) is 8.79. The molecule has 0 aromatic rings. The lowest BCUT2D eigenvalue weighted by molar-refractivity contribution is -0.167. The molecule has 0 heterocycles. The van der Waals surface area contributed by atoms with Gasteiger partial charge in [0.05, 0.1) is 0 Å². The molecule has 0 radical (unpaired) electrons. The predicted octanol–water partition coefficient (Wildman–Crippen LogP) is 22.5. The molecule has 0 bridgehead atoms. The van der Waals surface area contributed by atoms with Crippen molar-refractivity contribution in [2.24, 2.45) is 0 Å². The van der Waals surface area contributed by atoms with Gasteiger partial charge in [0.1, 0.15) is 13.2 Å². The van der Waals surface area contributed by atoms with Crippen molar-refractivity contribution in [3.05, 3.63) is 134 Å². The van der Waals surface area contributed by atoms with Crippen LogP contribution in [0.5, 0.6) is 0 Å². The minimum atomic E-state index is -0.797. The summed E-state index contributed by atoms with van der Waals surface area (Å²) in [5.74, 6) is -0.918. The molecule has 0 aliphatic carbocycles. The van der Waals surface area contributed by atoms with Crippen LogP contribution in [0.4, 0.5) is 0 Å². The van der Waals surface area contributed by atoms with Crippen molar-refractivity contribution in [1.82, 2.24) is 0 Å². The quantitative estimate of drug-likeness (QED) is 0.0261. The summed E-state index contributed by atoms with van der Waals surface area (Å²) < 4.78 is 16.9. The third kappa shape index (κ3) is 64.3. The first kappa shape index (κ1) is 74.5. The molecule has 0 aromatic carbocycles. The molecule has 448 valence electrons. The molecule has 0 rings (SSSR count). The second-order valence-electron chi connectivity index (χ2n) is 21.3. The summed E-state index contributed by atoms with van der Waals surface area (Å²) >= 11 is 0. The second kappa shape index (κ2) is 66.1. The maximum atomic E-state index is 12.9. The van der Waals surface area contributed by atoms with E-state index in [9.17, 15) is 14.4 Å². The summed E-state index contributed by atoms with van der Waals surface area (Å²) in [5, 5.41) is 0. The van der Waals surface area contributed by atoms with E-state index in [1.165, 1.54) is 103 Å². The third-order valence-electron chi connectivity index (χ3n) is 13.6. The van der Waals surface area contributed by atoms with Crippen LogP contribution in [0.25, 0.3) is 0 Å². The number of allylic oxidation sites excluding steroid dienone is 22. The van der Waals surface area contributed by atoms with Gasteiger partial charge in [-0.1, -0.05) is 270 Å². The SMILES string of the molecule is CC/C=C\C/C=C\C/C=C\C/C=C\C/C=C\C/C=C\CCCCCCCCCCC(=O)OCC(COC(=O)CCCCCCC/C=C\C/C=C\C/C=C\CC)OC(=O)CCCCCCCCCCC/C=C\C/C=C\CCCCC. The largest absolute Gasteiger partial charge is 0.462 e. The van der Waals surface area contributed by atoms with E-state index < -0.39 is 6.10 Å². The normalized spacial score (nSPS) is 13.0. The fourth-order valence-corrected chi connectivity index (χ4v) is 8.79. The second-order valence-corrected chi connectivity index (χ2v) is 21.3. The zero-order chi connectivity index (χ0) is 57.1. The van der Waals surface area contributed by atoms with Gasteiger partial charge < -0.3 is 14.2 Å². The Morgan fingerprint density at radius 2 is 0.494 bits per heavy atom. The van der Waals surface area contributed by atoms with Gasteiger partial charge in [0, 0.05) is 19.3 Å². The topological polar surface area (TPSA) is 78.9 Å². The maximum Gasteiger partial charge on any atom is 0.306 e. The molecule has 0 aliphatic rings. The summed E-state index contributed by atoms with van der Waals surface area (Å²) in [6.07, 6.45) is 93.1. The lowest BCUT2D eigenvalue weighted by Crippen LogP contribution is -2.30. The Kier molecular flexibility index (Phi) is 62.3. The first-order chi connectivity index (χ1) is 39.0. The molecule has 1 unspecified atom stereocenters. The van der Waals surface area contributed by atoms with E-state index in [0.29, 0.717) is 19.3 Å². The van der Waals surface area contributed by atoms with Crippen LogP contribution in [0, 0.1) is 0 Å². The number of rotatable bonds is 58. The third-order valence-corrected chi connectivity index (χ3v) is 13.6. The van der Waals surface area contributed by atoms with Crippen molar-refractivity contribution in [1.29, 1.82) is 0 Å². The molecule has 0 aliphatic heterocycles. The van der Waals surface area contributed by atoms with Gasteiger partial charge in [0.2, 0.25) is 0 Å². The van der Waals surface area contributed by atoms with Crippen LogP contribution in [-0.2, 0) is 28.6 Å². The molecule has 0 saturated heterocycles.